The molecule has 0 aliphatic carbocycles. The minimum atomic E-state index is -0.403. The smallest absolute Gasteiger partial charge is 0.343 e. The second-order valence-corrected chi connectivity index (χ2v) is 3.82. The SMILES string of the molecule is CCN(CC)C(=O)C[n+]1cccc(C(=O)OC)c1. The van der Waals surface area contributed by atoms with E-state index in [1.165, 1.54) is 7.11 Å². The van der Waals surface area contributed by atoms with Crippen molar-refractivity contribution in [2.45, 2.75) is 20.4 Å². The van der Waals surface area contributed by atoms with Gasteiger partial charge in [-0.25, -0.2) is 4.79 Å². The van der Waals surface area contributed by atoms with E-state index in [1.807, 2.05) is 13.8 Å². The number of ether oxygens (including phenoxy) is 1. The zero-order valence-electron chi connectivity index (χ0n) is 11.0. The van der Waals surface area contributed by atoms with Crippen molar-refractivity contribution >= 4 is 11.9 Å². The number of carbonyl (C=O) groups excluding carboxylic acids is 2. The van der Waals surface area contributed by atoms with Crippen LogP contribution in [0.5, 0.6) is 0 Å². The van der Waals surface area contributed by atoms with Gasteiger partial charge in [-0.15, -0.1) is 0 Å². The van der Waals surface area contributed by atoms with Crippen LogP contribution >= 0.6 is 0 Å². The predicted molar refractivity (Wildman–Crippen MR) is 65.9 cm³/mol. The van der Waals surface area contributed by atoms with Crippen LogP contribution < -0.4 is 4.57 Å². The fourth-order valence-corrected chi connectivity index (χ4v) is 1.69. The van der Waals surface area contributed by atoms with Gasteiger partial charge in [0.05, 0.1) is 7.11 Å². The molecule has 0 fully saturated rings. The minimum absolute atomic E-state index is 0.0343. The summed E-state index contributed by atoms with van der Waals surface area (Å²) in [4.78, 5) is 25.0. The van der Waals surface area contributed by atoms with Crippen LogP contribution in [0.4, 0.5) is 0 Å². The van der Waals surface area contributed by atoms with Crippen molar-refractivity contribution in [1.29, 1.82) is 0 Å². The van der Waals surface area contributed by atoms with Gasteiger partial charge in [0.25, 0.3) is 5.91 Å². The maximum absolute atomic E-state index is 11.9. The highest BCUT2D eigenvalue weighted by Gasteiger charge is 2.17. The molecule has 1 amide bonds. The van der Waals surface area contributed by atoms with Gasteiger partial charge >= 0.3 is 5.97 Å². The summed E-state index contributed by atoms with van der Waals surface area (Å²) in [6.45, 7) is 5.49. The highest BCUT2D eigenvalue weighted by molar-refractivity contribution is 5.88. The summed E-state index contributed by atoms with van der Waals surface area (Å²) in [5.41, 5.74) is 0.437. The zero-order chi connectivity index (χ0) is 13.5. The Balaban J connectivity index is 2.79. The Hall–Kier alpha value is -1.91. The van der Waals surface area contributed by atoms with E-state index in [4.69, 9.17) is 0 Å². The van der Waals surface area contributed by atoms with Crippen molar-refractivity contribution in [3.63, 3.8) is 0 Å². The molecule has 18 heavy (non-hydrogen) atoms. The Morgan fingerprint density at radius 3 is 2.56 bits per heavy atom. The number of carbonyl (C=O) groups is 2. The van der Waals surface area contributed by atoms with E-state index in [-0.39, 0.29) is 12.5 Å². The summed E-state index contributed by atoms with van der Waals surface area (Å²) < 4.78 is 6.33. The molecular formula is C13H19N2O3+. The van der Waals surface area contributed by atoms with Crippen molar-refractivity contribution in [3.8, 4) is 0 Å². The topological polar surface area (TPSA) is 50.5 Å². The lowest BCUT2D eigenvalue weighted by atomic mass is 10.3. The second-order valence-electron chi connectivity index (χ2n) is 3.82. The van der Waals surface area contributed by atoms with Gasteiger partial charge in [-0.05, 0) is 19.9 Å². The lowest BCUT2D eigenvalue weighted by Crippen LogP contribution is -2.44. The molecule has 1 aromatic rings. The van der Waals surface area contributed by atoms with Crippen molar-refractivity contribution in [1.82, 2.24) is 4.90 Å². The molecule has 1 aromatic heterocycles. The third kappa shape index (κ3) is 3.55. The first-order valence-electron chi connectivity index (χ1n) is 5.97. The van der Waals surface area contributed by atoms with Crippen LogP contribution in [0, 0.1) is 0 Å². The Labute approximate surface area is 107 Å². The normalized spacial score (nSPS) is 9.94. The van der Waals surface area contributed by atoms with Crippen LogP contribution in [0.2, 0.25) is 0 Å². The van der Waals surface area contributed by atoms with E-state index >= 15 is 0 Å². The van der Waals surface area contributed by atoms with Gasteiger partial charge in [-0.3, -0.25) is 4.79 Å². The van der Waals surface area contributed by atoms with E-state index in [1.54, 1.807) is 34.0 Å². The summed E-state index contributed by atoms with van der Waals surface area (Å²) in [6.07, 6.45) is 3.38. The Morgan fingerprint density at radius 2 is 2.00 bits per heavy atom. The highest BCUT2D eigenvalue weighted by Crippen LogP contribution is 1.97. The Morgan fingerprint density at radius 1 is 1.33 bits per heavy atom. The largest absolute Gasteiger partial charge is 0.465 e. The summed E-state index contributed by atoms with van der Waals surface area (Å²) >= 11 is 0. The predicted octanol–water partition coefficient (Wildman–Crippen LogP) is 0.629. The van der Waals surface area contributed by atoms with Gasteiger partial charge < -0.3 is 9.64 Å². The van der Waals surface area contributed by atoms with Gasteiger partial charge in [-0.1, -0.05) is 0 Å². The molecule has 0 spiro atoms. The van der Waals surface area contributed by atoms with Gasteiger partial charge in [-0.2, -0.15) is 4.57 Å². The van der Waals surface area contributed by atoms with Crippen molar-refractivity contribution < 1.29 is 18.9 Å². The molecule has 0 bridgehead atoms. The first kappa shape index (κ1) is 14.2. The summed E-state index contributed by atoms with van der Waals surface area (Å²) in [5, 5.41) is 0. The van der Waals surface area contributed by atoms with Crippen LogP contribution in [0.15, 0.2) is 24.5 Å². The third-order valence-corrected chi connectivity index (χ3v) is 2.71. The molecule has 1 heterocycles. The molecule has 0 unspecified atom stereocenters. The average Bonchev–Trinajstić information content (AvgIpc) is 2.39. The Bertz CT molecular complexity index is 428. The van der Waals surface area contributed by atoms with Crippen molar-refractivity contribution in [2.75, 3.05) is 20.2 Å². The number of amides is 1. The molecule has 98 valence electrons. The molecule has 0 aliphatic heterocycles. The maximum Gasteiger partial charge on any atom is 0.343 e. The summed E-state index contributed by atoms with van der Waals surface area (Å²) in [6, 6.07) is 3.38. The number of likely N-dealkylation sites (N-methyl/N-ethyl adjacent to an activating group) is 1. The number of pyridine rings is 1. The molecule has 0 radical (unpaired) electrons. The van der Waals surface area contributed by atoms with Crippen LogP contribution in [0.25, 0.3) is 0 Å². The van der Waals surface area contributed by atoms with Crippen molar-refractivity contribution in [2.24, 2.45) is 0 Å². The van der Waals surface area contributed by atoms with Crippen LogP contribution in [0.1, 0.15) is 24.2 Å². The fraction of sp³-hybridized carbons (Fsp3) is 0.462. The van der Waals surface area contributed by atoms with Gasteiger partial charge in [0.15, 0.2) is 12.4 Å². The van der Waals surface area contributed by atoms with E-state index in [0.717, 1.165) is 0 Å². The number of hydrogen-bond donors (Lipinski definition) is 0. The molecule has 0 saturated carbocycles. The van der Waals surface area contributed by atoms with Gasteiger partial charge in [0.1, 0.15) is 5.56 Å². The zero-order valence-corrected chi connectivity index (χ0v) is 11.0. The van der Waals surface area contributed by atoms with Crippen LogP contribution in [-0.4, -0.2) is 37.0 Å². The second kappa shape index (κ2) is 6.74. The molecule has 1 rings (SSSR count). The highest BCUT2D eigenvalue weighted by atomic mass is 16.5. The minimum Gasteiger partial charge on any atom is -0.465 e. The quantitative estimate of drug-likeness (QED) is 0.569. The number of aromatic nitrogens is 1. The fourth-order valence-electron chi connectivity index (χ4n) is 1.69. The number of hydrogen-bond acceptors (Lipinski definition) is 3. The van der Waals surface area contributed by atoms with E-state index in [9.17, 15) is 9.59 Å². The van der Waals surface area contributed by atoms with Crippen LogP contribution in [0.3, 0.4) is 0 Å². The van der Waals surface area contributed by atoms with E-state index in [2.05, 4.69) is 4.74 Å². The number of esters is 1. The van der Waals surface area contributed by atoms with Gasteiger partial charge in [0, 0.05) is 19.2 Å². The Kier molecular flexibility index (Phi) is 5.30. The molecule has 0 atom stereocenters. The molecule has 0 aliphatic rings. The standard InChI is InChI=1S/C13H19N2O3/c1-4-15(5-2)12(16)10-14-8-6-7-11(9-14)13(17)18-3/h6-9H,4-5,10H2,1-3H3/q+1. The molecule has 0 aromatic carbocycles. The van der Waals surface area contributed by atoms with Crippen molar-refractivity contribution in [3.05, 3.63) is 30.1 Å². The number of rotatable bonds is 5. The maximum atomic E-state index is 11.9. The third-order valence-electron chi connectivity index (χ3n) is 2.71. The molecular weight excluding hydrogens is 232 g/mol. The first-order chi connectivity index (χ1) is 8.62. The lowest BCUT2D eigenvalue weighted by molar-refractivity contribution is -0.685. The molecule has 5 heteroatoms. The molecule has 0 saturated heterocycles. The van der Waals surface area contributed by atoms with E-state index in [0.29, 0.717) is 18.7 Å². The first-order valence-corrected chi connectivity index (χ1v) is 5.97. The van der Waals surface area contributed by atoms with E-state index < -0.39 is 5.97 Å². The van der Waals surface area contributed by atoms with Crippen LogP contribution in [-0.2, 0) is 16.1 Å². The molecule has 0 N–H and O–H groups in total. The lowest BCUT2D eigenvalue weighted by Gasteiger charge is -2.16. The number of methoxy groups -OCH3 is 1. The van der Waals surface area contributed by atoms with Gasteiger partial charge in [0.2, 0.25) is 6.54 Å². The number of nitrogens with zero attached hydrogens (tertiary/aromatic N) is 2. The molecule has 5 nitrogen and oxygen atoms in total. The average molecular weight is 251 g/mol. The summed E-state index contributed by atoms with van der Waals surface area (Å²) in [7, 11) is 1.33. The summed E-state index contributed by atoms with van der Waals surface area (Å²) in [5.74, 6) is -0.369. The monoisotopic (exact) mass is 251 g/mol.